The van der Waals surface area contributed by atoms with Gasteiger partial charge in [0.2, 0.25) is 0 Å². The van der Waals surface area contributed by atoms with E-state index in [1.807, 2.05) is 0 Å². The van der Waals surface area contributed by atoms with Crippen LogP contribution in [0.3, 0.4) is 0 Å². The van der Waals surface area contributed by atoms with Crippen LogP contribution in [-0.2, 0) is 16.1 Å². The lowest BCUT2D eigenvalue weighted by Gasteiger charge is -2.05. The lowest BCUT2D eigenvalue weighted by molar-refractivity contribution is -0.142. The number of rotatable bonds is 3. The molecule has 4 nitrogen and oxygen atoms in total. The van der Waals surface area contributed by atoms with E-state index >= 15 is 0 Å². The Bertz CT molecular complexity index is 357. The van der Waals surface area contributed by atoms with E-state index in [0.29, 0.717) is 5.56 Å². The molecule has 0 saturated heterocycles. The molecule has 0 aromatic heterocycles. The molecule has 0 aliphatic heterocycles. The van der Waals surface area contributed by atoms with Crippen molar-refractivity contribution in [2.24, 2.45) is 0 Å². The largest absolute Gasteiger partial charge is 0.478 e. The van der Waals surface area contributed by atoms with Crippen LogP contribution < -0.4 is 0 Å². The maximum atomic E-state index is 10.7. The van der Waals surface area contributed by atoms with Crippen molar-refractivity contribution in [2.75, 3.05) is 0 Å². The Hall–Kier alpha value is -1.84. The minimum Gasteiger partial charge on any atom is -0.478 e. The molecule has 74 valence electrons. The van der Waals surface area contributed by atoms with Crippen LogP contribution in [0.25, 0.3) is 0 Å². The molecule has 1 rings (SSSR count). The van der Waals surface area contributed by atoms with Crippen LogP contribution in [0.5, 0.6) is 0 Å². The van der Waals surface area contributed by atoms with Crippen LogP contribution >= 0.6 is 0 Å². The molecule has 0 heterocycles. The molecule has 0 aliphatic rings. The molecule has 14 heavy (non-hydrogen) atoms. The lowest BCUT2D eigenvalue weighted by Crippen LogP contribution is -2.05. The van der Waals surface area contributed by atoms with Gasteiger partial charge in [-0.3, -0.25) is 4.79 Å². The molecule has 0 radical (unpaired) electrons. The number of benzene rings is 1. The molecule has 0 saturated carbocycles. The summed E-state index contributed by atoms with van der Waals surface area (Å²) in [4.78, 5) is 21.3. The first-order valence-corrected chi connectivity index (χ1v) is 4.06. The number of hydrogen-bond acceptors (Lipinski definition) is 3. The quantitative estimate of drug-likeness (QED) is 0.739. The van der Waals surface area contributed by atoms with Gasteiger partial charge in [-0.2, -0.15) is 0 Å². The van der Waals surface area contributed by atoms with Gasteiger partial charge in [0.25, 0.3) is 0 Å². The Morgan fingerprint density at radius 2 is 2.00 bits per heavy atom. The van der Waals surface area contributed by atoms with Gasteiger partial charge in [0.05, 0.1) is 5.56 Å². The van der Waals surface area contributed by atoms with E-state index in [1.165, 1.54) is 13.0 Å². The van der Waals surface area contributed by atoms with Gasteiger partial charge in [0.1, 0.15) is 6.61 Å². The van der Waals surface area contributed by atoms with E-state index in [-0.39, 0.29) is 12.2 Å². The van der Waals surface area contributed by atoms with Crippen molar-refractivity contribution in [3.8, 4) is 0 Å². The van der Waals surface area contributed by atoms with Crippen molar-refractivity contribution in [1.82, 2.24) is 0 Å². The van der Waals surface area contributed by atoms with E-state index in [1.54, 1.807) is 18.2 Å². The fourth-order valence-corrected chi connectivity index (χ4v) is 1.03. The fourth-order valence-electron chi connectivity index (χ4n) is 1.03. The van der Waals surface area contributed by atoms with Gasteiger partial charge in [-0.05, 0) is 6.07 Å². The van der Waals surface area contributed by atoms with Crippen molar-refractivity contribution in [1.29, 1.82) is 0 Å². The molecule has 1 N–H and O–H groups in total. The minimum absolute atomic E-state index is 0.00218. The molecule has 0 unspecified atom stereocenters. The number of carboxylic acid groups (broad SMARTS) is 1. The molecule has 0 atom stereocenters. The molecule has 0 spiro atoms. The highest BCUT2D eigenvalue weighted by Gasteiger charge is 2.09. The molecule has 0 fully saturated rings. The number of esters is 1. The van der Waals surface area contributed by atoms with Gasteiger partial charge in [-0.25, -0.2) is 4.79 Å². The van der Waals surface area contributed by atoms with Crippen molar-refractivity contribution in [2.45, 2.75) is 13.5 Å². The van der Waals surface area contributed by atoms with Crippen molar-refractivity contribution >= 4 is 11.9 Å². The van der Waals surface area contributed by atoms with Crippen LogP contribution in [0.1, 0.15) is 22.8 Å². The summed E-state index contributed by atoms with van der Waals surface area (Å²) in [5.41, 5.74) is 0.656. The minimum atomic E-state index is -1.02. The zero-order valence-corrected chi connectivity index (χ0v) is 7.69. The third-order valence-corrected chi connectivity index (χ3v) is 1.68. The summed E-state index contributed by atoms with van der Waals surface area (Å²) in [7, 11) is 0. The van der Waals surface area contributed by atoms with Gasteiger partial charge in [0, 0.05) is 12.5 Å². The molecule has 0 amide bonds. The molecular weight excluding hydrogens is 184 g/mol. The molecule has 1 aromatic carbocycles. The van der Waals surface area contributed by atoms with Gasteiger partial charge < -0.3 is 9.84 Å². The highest BCUT2D eigenvalue weighted by Crippen LogP contribution is 2.09. The second-order valence-electron chi connectivity index (χ2n) is 2.74. The Balaban J connectivity index is 2.84. The summed E-state index contributed by atoms with van der Waals surface area (Å²) >= 11 is 0. The molecular formula is C10H10O4. The first-order valence-electron chi connectivity index (χ1n) is 4.06. The zero-order chi connectivity index (χ0) is 10.6. The van der Waals surface area contributed by atoms with E-state index in [4.69, 9.17) is 9.84 Å². The standard InChI is InChI=1S/C10H10O4/c1-7(11)14-6-8-4-2-3-5-9(8)10(12)13/h2-5H,6H2,1H3,(H,12,13). The average Bonchev–Trinajstić information content (AvgIpc) is 2.15. The number of hydrogen-bond donors (Lipinski definition) is 1. The van der Waals surface area contributed by atoms with E-state index < -0.39 is 11.9 Å². The number of carbonyl (C=O) groups excluding carboxylic acids is 1. The van der Waals surface area contributed by atoms with E-state index in [9.17, 15) is 9.59 Å². The van der Waals surface area contributed by atoms with Crippen molar-refractivity contribution in [3.63, 3.8) is 0 Å². The van der Waals surface area contributed by atoms with Gasteiger partial charge in [-0.1, -0.05) is 18.2 Å². The van der Waals surface area contributed by atoms with Crippen molar-refractivity contribution < 1.29 is 19.4 Å². The van der Waals surface area contributed by atoms with Crippen LogP contribution in [-0.4, -0.2) is 17.0 Å². The highest BCUT2D eigenvalue weighted by atomic mass is 16.5. The topological polar surface area (TPSA) is 63.6 Å². The molecule has 1 aromatic rings. The number of ether oxygens (including phenoxy) is 1. The van der Waals surface area contributed by atoms with Gasteiger partial charge in [0.15, 0.2) is 0 Å². The van der Waals surface area contributed by atoms with E-state index in [2.05, 4.69) is 0 Å². The second kappa shape index (κ2) is 4.41. The van der Waals surface area contributed by atoms with Gasteiger partial charge >= 0.3 is 11.9 Å². The summed E-state index contributed by atoms with van der Waals surface area (Å²) in [6.45, 7) is 1.28. The molecule has 4 heteroatoms. The van der Waals surface area contributed by atoms with E-state index in [0.717, 1.165) is 0 Å². The predicted octanol–water partition coefficient (Wildman–Crippen LogP) is 1.45. The molecule has 0 bridgehead atoms. The van der Waals surface area contributed by atoms with Crippen molar-refractivity contribution in [3.05, 3.63) is 35.4 Å². The lowest BCUT2D eigenvalue weighted by atomic mass is 10.1. The number of aromatic carboxylic acids is 1. The summed E-state index contributed by atoms with van der Waals surface area (Å²) < 4.78 is 4.72. The Morgan fingerprint density at radius 1 is 1.36 bits per heavy atom. The third kappa shape index (κ3) is 2.58. The third-order valence-electron chi connectivity index (χ3n) is 1.68. The Labute approximate surface area is 81.1 Å². The highest BCUT2D eigenvalue weighted by molar-refractivity contribution is 5.89. The average molecular weight is 194 g/mol. The normalized spacial score (nSPS) is 9.50. The summed E-state index contributed by atoms with van der Waals surface area (Å²) in [5.74, 6) is -1.45. The van der Waals surface area contributed by atoms with Gasteiger partial charge in [-0.15, -0.1) is 0 Å². The SMILES string of the molecule is CC(=O)OCc1ccccc1C(=O)O. The summed E-state index contributed by atoms with van der Waals surface area (Å²) in [6, 6.07) is 6.42. The molecule has 0 aliphatic carbocycles. The second-order valence-corrected chi connectivity index (χ2v) is 2.74. The number of carbonyl (C=O) groups is 2. The Morgan fingerprint density at radius 3 is 2.57 bits per heavy atom. The van der Waals surface area contributed by atoms with Crippen LogP contribution in [0.2, 0.25) is 0 Å². The Kier molecular flexibility index (Phi) is 3.23. The predicted molar refractivity (Wildman–Crippen MR) is 48.9 cm³/mol. The van der Waals surface area contributed by atoms with Crippen LogP contribution in [0, 0.1) is 0 Å². The maximum Gasteiger partial charge on any atom is 0.336 e. The van der Waals surface area contributed by atoms with Crippen LogP contribution in [0.15, 0.2) is 24.3 Å². The smallest absolute Gasteiger partial charge is 0.336 e. The monoisotopic (exact) mass is 194 g/mol. The van der Waals surface area contributed by atoms with Crippen LogP contribution in [0.4, 0.5) is 0 Å². The summed E-state index contributed by atoms with van der Waals surface area (Å²) in [5, 5.41) is 8.79. The first-order chi connectivity index (χ1) is 6.61. The zero-order valence-electron chi connectivity index (χ0n) is 7.69. The number of carboxylic acids is 1. The summed E-state index contributed by atoms with van der Waals surface area (Å²) in [6.07, 6.45) is 0. The first kappa shape index (κ1) is 10.2. The maximum absolute atomic E-state index is 10.7. The fraction of sp³-hybridized carbons (Fsp3) is 0.200.